The van der Waals surface area contributed by atoms with Crippen LogP contribution in [-0.2, 0) is 23.9 Å². The van der Waals surface area contributed by atoms with E-state index in [0.717, 1.165) is 5.56 Å². The lowest BCUT2D eigenvalue weighted by atomic mass is 10.1. The van der Waals surface area contributed by atoms with Crippen molar-refractivity contribution in [3.63, 3.8) is 0 Å². The van der Waals surface area contributed by atoms with E-state index < -0.39 is 28.6 Å². The number of aromatic nitrogens is 1. The molecule has 0 aliphatic rings. The summed E-state index contributed by atoms with van der Waals surface area (Å²) in [5.41, 5.74) is 0.529. The molecule has 0 bridgehead atoms. The van der Waals surface area contributed by atoms with Gasteiger partial charge in [-0.3, -0.25) is 9.59 Å². The van der Waals surface area contributed by atoms with Gasteiger partial charge in [0.15, 0.2) is 10.7 Å². The second-order valence-corrected chi connectivity index (χ2v) is 7.38. The minimum absolute atomic E-state index is 0.0819. The quantitative estimate of drug-likeness (QED) is 0.581. The zero-order valence-electron chi connectivity index (χ0n) is 15.9. The maximum absolute atomic E-state index is 13.4. The fourth-order valence-electron chi connectivity index (χ4n) is 2.58. The molecule has 0 saturated carbocycles. The lowest BCUT2D eigenvalue weighted by Crippen LogP contribution is -2.24. The second-order valence-electron chi connectivity index (χ2n) is 6.38. The van der Waals surface area contributed by atoms with Crippen LogP contribution < -0.4 is 5.32 Å². The number of rotatable bonds is 5. The molecule has 5 nitrogen and oxygen atoms in total. The van der Waals surface area contributed by atoms with Crippen LogP contribution in [0.2, 0.25) is 0 Å². The van der Waals surface area contributed by atoms with E-state index in [4.69, 9.17) is 5.11 Å². The van der Waals surface area contributed by atoms with Crippen LogP contribution in [0.25, 0.3) is 0 Å². The Morgan fingerprint density at radius 1 is 1.00 bits per heavy atom. The Labute approximate surface area is 179 Å². The lowest BCUT2D eigenvalue weighted by Gasteiger charge is -2.07. The number of amides is 1. The summed E-state index contributed by atoms with van der Waals surface area (Å²) >= 11 is 0.566. The van der Waals surface area contributed by atoms with Gasteiger partial charge in [-0.2, -0.15) is 13.2 Å². The number of carboxylic acids is 1. The summed E-state index contributed by atoms with van der Waals surface area (Å²) in [7, 11) is 0. The average molecular weight is 444 g/mol. The van der Waals surface area contributed by atoms with Crippen LogP contribution in [-0.4, -0.2) is 22.0 Å². The van der Waals surface area contributed by atoms with E-state index >= 15 is 0 Å². The van der Waals surface area contributed by atoms with Crippen LogP contribution in [0.1, 0.15) is 37.1 Å². The van der Waals surface area contributed by atoms with Crippen molar-refractivity contribution in [1.82, 2.24) is 10.3 Å². The zero-order valence-corrected chi connectivity index (χ0v) is 16.7. The zero-order chi connectivity index (χ0) is 22.4. The minimum Gasteiger partial charge on any atom is -0.481 e. The molecule has 0 aliphatic heterocycles. The highest BCUT2D eigenvalue weighted by molar-refractivity contribution is 7.14. The van der Waals surface area contributed by atoms with E-state index in [9.17, 15) is 22.8 Å². The number of halogens is 3. The molecule has 0 radical (unpaired) electrons. The fourth-order valence-corrected chi connectivity index (χ4v) is 3.44. The van der Waals surface area contributed by atoms with Gasteiger partial charge in [0.1, 0.15) is 4.88 Å². The summed E-state index contributed by atoms with van der Waals surface area (Å²) in [5.74, 6) is 3.38. The van der Waals surface area contributed by atoms with E-state index in [0.29, 0.717) is 22.5 Å². The fraction of sp³-hybridized carbons (Fsp3) is 0.136. The molecule has 1 heterocycles. The van der Waals surface area contributed by atoms with Crippen LogP contribution in [0.4, 0.5) is 13.2 Å². The summed E-state index contributed by atoms with van der Waals surface area (Å²) < 4.78 is 40.1. The molecule has 1 aromatic heterocycles. The third-order valence-corrected chi connectivity index (χ3v) is 4.99. The number of carbonyl (C=O) groups is 2. The van der Waals surface area contributed by atoms with Gasteiger partial charge >= 0.3 is 12.1 Å². The van der Waals surface area contributed by atoms with Crippen molar-refractivity contribution in [1.29, 1.82) is 0 Å². The molecule has 1 amide bonds. The van der Waals surface area contributed by atoms with E-state index in [1.807, 2.05) is 0 Å². The maximum Gasteiger partial charge on any atom is 0.435 e. The maximum atomic E-state index is 13.4. The summed E-state index contributed by atoms with van der Waals surface area (Å²) in [4.78, 5) is 26.0. The van der Waals surface area contributed by atoms with Crippen molar-refractivity contribution in [2.45, 2.75) is 19.1 Å². The van der Waals surface area contributed by atoms with Crippen LogP contribution in [0.15, 0.2) is 54.6 Å². The molecular formula is C22H15F3N2O3S. The van der Waals surface area contributed by atoms with E-state index in [-0.39, 0.29) is 18.0 Å². The first-order chi connectivity index (χ1) is 14.7. The predicted octanol–water partition coefficient (Wildman–Crippen LogP) is 4.12. The van der Waals surface area contributed by atoms with Gasteiger partial charge in [-0.05, 0) is 29.2 Å². The van der Waals surface area contributed by atoms with Gasteiger partial charge in [0.25, 0.3) is 5.91 Å². The molecule has 2 N–H and O–H groups in total. The first-order valence-corrected chi connectivity index (χ1v) is 9.77. The summed E-state index contributed by atoms with van der Waals surface area (Å²) in [6.07, 6.45) is -4.94. The SMILES string of the molecule is O=C(O)Cc1ccc(C#Cc2nc(C(F)(F)F)c(C(=O)NCc3ccccc3)s2)cc1. The Morgan fingerprint density at radius 2 is 1.68 bits per heavy atom. The van der Waals surface area contributed by atoms with Gasteiger partial charge in [-0.1, -0.05) is 59.7 Å². The highest BCUT2D eigenvalue weighted by atomic mass is 32.1. The Morgan fingerprint density at radius 3 is 2.29 bits per heavy atom. The van der Waals surface area contributed by atoms with Crippen molar-refractivity contribution in [3.8, 4) is 11.8 Å². The highest BCUT2D eigenvalue weighted by Gasteiger charge is 2.39. The van der Waals surface area contributed by atoms with Gasteiger partial charge in [0.05, 0.1) is 6.42 Å². The molecule has 0 unspecified atom stereocenters. The minimum atomic E-state index is -4.80. The number of benzene rings is 2. The van der Waals surface area contributed by atoms with Gasteiger partial charge in [0.2, 0.25) is 0 Å². The monoisotopic (exact) mass is 444 g/mol. The number of aliphatic carboxylic acids is 1. The highest BCUT2D eigenvalue weighted by Crippen LogP contribution is 2.34. The number of hydrogen-bond acceptors (Lipinski definition) is 4. The molecule has 3 rings (SSSR count). The van der Waals surface area contributed by atoms with Crippen molar-refractivity contribution >= 4 is 23.2 Å². The molecule has 0 spiro atoms. The Kier molecular flexibility index (Phi) is 6.72. The third kappa shape index (κ3) is 6.17. The van der Waals surface area contributed by atoms with E-state index in [1.54, 1.807) is 54.6 Å². The molecule has 0 fully saturated rings. The average Bonchev–Trinajstić information content (AvgIpc) is 3.17. The number of carbonyl (C=O) groups excluding carboxylic acids is 1. The molecule has 0 aliphatic carbocycles. The van der Waals surface area contributed by atoms with Gasteiger partial charge in [-0.25, -0.2) is 4.98 Å². The standard InChI is InChI=1S/C22H15F3N2O3S/c23-22(24,25)20-19(21(30)26-13-16-4-2-1-3-5-16)31-17(27-20)11-10-14-6-8-15(9-7-14)12-18(28)29/h1-9H,12-13H2,(H,26,30)(H,28,29). The smallest absolute Gasteiger partial charge is 0.435 e. The number of thiazole rings is 1. The molecular weight excluding hydrogens is 429 g/mol. The van der Waals surface area contributed by atoms with Crippen molar-refractivity contribution in [3.05, 3.63) is 86.9 Å². The Balaban J connectivity index is 1.80. The second kappa shape index (κ2) is 9.45. The largest absolute Gasteiger partial charge is 0.481 e. The molecule has 31 heavy (non-hydrogen) atoms. The molecule has 9 heteroatoms. The Bertz CT molecular complexity index is 1140. The van der Waals surface area contributed by atoms with Crippen molar-refractivity contribution in [2.24, 2.45) is 0 Å². The van der Waals surface area contributed by atoms with E-state index in [1.165, 1.54) is 0 Å². The molecule has 3 aromatic rings. The number of alkyl halides is 3. The molecule has 0 atom stereocenters. The number of nitrogens with one attached hydrogen (secondary N) is 1. The summed E-state index contributed by atoms with van der Waals surface area (Å²) in [5, 5.41) is 11.1. The van der Waals surface area contributed by atoms with Crippen LogP contribution in [0.3, 0.4) is 0 Å². The topological polar surface area (TPSA) is 79.3 Å². The normalized spacial score (nSPS) is 10.8. The van der Waals surface area contributed by atoms with Crippen LogP contribution >= 0.6 is 11.3 Å². The van der Waals surface area contributed by atoms with Crippen LogP contribution in [0.5, 0.6) is 0 Å². The first-order valence-electron chi connectivity index (χ1n) is 8.95. The summed E-state index contributed by atoms with van der Waals surface area (Å²) in [6.45, 7) is 0.0819. The van der Waals surface area contributed by atoms with Crippen LogP contribution in [0, 0.1) is 11.8 Å². The molecule has 0 saturated heterocycles. The molecule has 2 aromatic carbocycles. The van der Waals surface area contributed by atoms with Crippen molar-refractivity contribution < 1.29 is 27.9 Å². The summed E-state index contributed by atoms with van der Waals surface area (Å²) in [6, 6.07) is 15.1. The number of nitrogens with zero attached hydrogens (tertiary/aromatic N) is 1. The third-order valence-electron chi connectivity index (χ3n) is 4.02. The van der Waals surface area contributed by atoms with Gasteiger partial charge in [0, 0.05) is 12.1 Å². The van der Waals surface area contributed by atoms with Crippen molar-refractivity contribution in [2.75, 3.05) is 0 Å². The van der Waals surface area contributed by atoms with Gasteiger partial charge < -0.3 is 10.4 Å². The molecule has 158 valence electrons. The lowest BCUT2D eigenvalue weighted by molar-refractivity contribution is -0.141. The number of hydrogen-bond donors (Lipinski definition) is 2. The number of carboxylic acid groups (broad SMARTS) is 1. The van der Waals surface area contributed by atoms with Gasteiger partial charge in [-0.15, -0.1) is 0 Å². The van der Waals surface area contributed by atoms with E-state index in [2.05, 4.69) is 22.1 Å². The predicted molar refractivity (Wildman–Crippen MR) is 108 cm³/mol. The Hall–Kier alpha value is -3.64. The first kappa shape index (κ1) is 22.1.